The van der Waals surface area contributed by atoms with E-state index in [4.69, 9.17) is 39.5 Å². The zero-order valence-corrected chi connectivity index (χ0v) is 29.4. The van der Waals surface area contributed by atoms with E-state index in [9.17, 15) is 18.0 Å². The molecule has 1 atom stereocenters. The zero-order chi connectivity index (χ0) is 34.3. The Morgan fingerprint density at radius 3 is 2.15 bits per heavy atom. The van der Waals surface area contributed by atoms with Crippen molar-refractivity contribution in [2.45, 2.75) is 55.6 Å². The number of benzene rings is 4. The van der Waals surface area contributed by atoms with Gasteiger partial charge in [-0.2, -0.15) is 0 Å². The minimum atomic E-state index is -4.32. The fourth-order valence-corrected chi connectivity index (χ4v) is 7.92. The maximum Gasteiger partial charge on any atom is 0.264 e. The lowest BCUT2D eigenvalue weighted by atomic mass is 10.0. The molecule has 1 aliphatic carbocycles. The Balaban J connectivity index is 1.59. The average Bonchev–Trinajstić information content (AvgIpc) is 3.59. The van der Waals surface area contributed by atoms with E-state index in [-0.39, 0.29) is 40.5 Å². The van der Waals surface area contributed by atoms with E-state index in [1.165, 1.54) is 42.3 Å². The number of sulfonamides is 1. The van der Waals surface area contributed by atoms with Gasteiger partial charge in [0.1, 0.15) is 18.3 Å². The van der Waals surface area contributed by atoms with Crippen molar-refractivity contribution in [3.8, 4) is 5.75 Å². The van der Waals surface area contributed by atoms with Gasteiger partial charge in [-0.25, -0.2) is 8.42 Å². The fourth-order valence-electron chi connectivity index (χ4n) is 5.81. The minimum Gasteiger partial charge on any atom is -0.497 e. The van der Waals surface area contributed by atoms with Crippen molar-refractivity contribution in [1.82, 2.24) is 10.2 Å². The van der Waals surface area contributed by atoms with Crippen LogP contribution in [0.2, 0.25) is 15.1 Å². The van der Waals surface area contributed by atoms with E-state index in [2.05, 4.69) is 5.32 Å². The molecule has 1 fully saturated rings. The van der Waals surface area contributed by atoms with Crippen LogP contribution < -0.4 is 14.4 Å². The van der Waals surface area contributed by atoms with Gasteiger partial charge in [-0.1, -0.05) is 90.1 Å². The molecule has 2 amide bonds. The predicted molar refractivity (Wildman–Crippen MR) is 190 cm³/mol. The van der Waals surface area contributed by atoms with Crippen LogP contribution in [0.4, 0.5) is 5.69 Å². The molecule has 1 N–H and O–H groups in total. The lowest BCUT2D eigenvalue weighted by Gasteiger charge is -2.34. The second kappa shape index (κ2) is 16.1. The number of methoxy groups -OCH3 is 1. The summed E-state index contributed by atoms with van der Waals surface area (Å²) in [6, 6.07) is 25.4. The van der Waals surface area contributed by atoms with Gasteiger partial charge in [-0.15, -0.1) is 0 Å². The van der Waals surface area contributed by atoms with Crippen LogP contribution in [0.15, 0.2) is 102 Å². The van der Waals surface area contributed by atoms with Crippen LogP contribution in [0.5, 0.6) is 5.75 Å². The highest BCUT2D eigenvalue weighted by Gasteiger charge is 2.36. The number of anilines is 1. The Labute approximate surface area is 296 Å². The molecule has 0 spiro atoms. The molecule has 12 heteroatoms. The van der Waals surface area contributed by atoms with Crippen LogP contribution in [-0.2, 0) is 32.6 Å². The first-order chi connectivity index (χ1) is 23.1. The summed E-state index contributed by atoms with van der Waals surface area (Å²) in [7, 11) is -2.84. The zero-order valence-electron chi connectivity index (χ0n) is 26.3. The predicted octanol–water partition coefficient (Wildman–Crippen LogP) is 7.55. The number of amides is 2. The molecule has 4 aromatic rings. The Bertz CT molecular complexity index is 1820. The molecule has 8 nitrogen and oxygen atoms in total. The maximum atomic E-state index is 14.7. The van der Waals surface area contributed by atoms with Gasteiger partial charge in [0.15, 0.2) is 0 Å². The van der Waals surface area contributed by atoms with E-state index in [0.717, 1.165) is 35.6 Å². The Morgan fingerprint density at radius 1 is 0.875 bits per heavy atom. The maximum absolute atomic E-state index is 14.7. The molecule has 0 aromatic heterocycles. The first-order valence-electron chi connectivity index (χ1n) is 15.6. The lowest BCUT2D eigenvalue weighted by Crippen LogP contribution is -2.54. The monoisotopic (exact) mass is 727 g/mol. The number of nitrogens with zero attached hydrogens (tertiary/aromatic N) is 2. The van der Waals surface area contributed by atoms with Crippen LogP contribution >= 0.6 is 34.8 Å². The van der Waals surface area contributed by atoms with Gasteiger partial charge >= 0.3 is 0 Å². The van der Waals surface area contributed by atoms with Crippen molar-refractivity contribution in [2.75, 3.05) is 18.0 Å². The number of carbonyl (C=O) groups is 2. The van der Waals surface area contributed by atoms with E-state index in [1.807, 2.05) is 30.3 Å². The quantitative estimate of drug-likeness (QED) is 0.154. The first kappa shape index (κ1) is 35.5. The van der Waals surface area contributed by atoms with Gasteiger partial charge in [-0.05, 0) is 73.0 Å². The molecule has 0 aliphatic heterocycles. The molecule has 252 valence electrons. The van der Waals surface area contributed by atoms with Crippen molar-refractivity contribution in [2.24, 2.45) is 0 Å². The molecule has 0 saturated heterocycles. The molecular weight excluding hydrogens is 693 g/mol. The number of ether oxygens (including phenoxy) is 1. The summed E-state index contributed by atoms with van der Waals surface area (Å²) in [6.07, 6.45) is 3.87. The molecule has 0 radical (unpaired) electrons. The topological polar surface area (TPSA) is 96.0 Å². The SMILES string of the molecule is COc1ccc(S(=O)(=O)N(CC(=O)N(Cc2c(Cl)cccc2Cl)[C@H](Cc2ccccc2)C(=O)NC2CCCC2)c2cccc(Cl)c2)cc1. The highest BCUT2D eigenvalue weighted by Crippen LogP contribution is 2.30. The largest absolute Gasteiger partial charge is 0.497 e. The second-order valence-electron chi connectivity index (χ2n) is 11.6. The van der Waals surface area contributed by atoms with Gasteiger partial charge in [0.05, 0.1) is 17.7 Å². The normalized spacial score (nSPS) is 13.9. The van der Waals surface area contributed by atoms with Crippen molar-refractivity contribution < 1.29 is 22.7 Å². The molecule has 1 saturated carbocycles. The number of carbonyl (C=O) groups excluding carboxylic acids is 2. The third-order valence-corrected chi connectivity index (χ3v) is 11.1. The van der Waals surface area contributed by atoms with Crippen LogP contribution in [0.1, 0.15) is 36.8 Å². The van der Waals surface area contributed by atoms with Gasteiger partial charge < -0.3 is 15.0 Å². The fraction of sp³-hybridized carbons (Fsp3) is 0.278. The number of hydrogen-bond acceptors (Lipinski definition) is 5. The summed E-state index contributed by atoms with van der Waals surface area (Å²) < 4.78 is 34.7. The Morgan fingerprint density at radius 2 is 1.52 bits per heavy atom. The van der Waals surface area contributed by atoms with Gasteiger partial charge in [-0.3, -0.25) is 13.9 Å². The molecule has 0 heterocycles. The van der Waals surface area contributed by atoms with Crippen molar-refractivity contribution in [3.05, 3.63) is 123 Å². The second-order valence-corrected chi connectivity index (χ2v) is 14.7. The average molecular weight is 729 g/mol. The summed E-state index contributed by atoms with van der Waals surface area (Å²) in [5.41, 5.74) is 1.44. The summed E-state index contributed by atoms with van der Waals surface area (Å²) in [6.45, 7) is -0.780. The van der Waals surface area contributed by atoms with Gasteiger partial charge in [0, 0.05) is 39.6 Å². The van der Waals surface area contributed by atoms with E-state index in [0.29, 0.717) is 21.4 Å². The first-order valence-corrected chi connectivity index (χ1v) is 18.1. The van der Waals surface area contributed by atoms with E-state index in [1.54, 1.807) is 36.4 Å². The number of nitrogens with one attached hydrogen (secondary N) is 1. The van der Waals surface area contributed by atoms with Crippen molar-refractivity contribution >= 4 is 62.3 Å². The van der Waals surface area contributed by atoms with Crippen LogP contribution in [0, 0.1) is 0 Å². The van der Waals surface area contributed by atoms with Gasteiger partial charge in [0.2, 0.25) is 11.8 Å². The van der Waals surface area contributed by atoms with Crippen molar-refractivity contribution in [3.63, 3.8) is 0 Å². The Hall–Kier alpha value is -3.76. The summed E-state index contributed by atoms with van der Waals surface area (Å²) >= 11 is 19.5. The molecule has 0 unspecified atom stereocenters. The number of rotatable bonds is 13. The lowest BCUT2D eigenvalue weighted by molar-refractivity contribution is -0.140. The Kier molecular flexibility index (Phi) is 11.9. The molecule has 0 bridgehead atoms. The van der Waals surface area contributed by atoms with E-state index < -0.39 is 28.5 Å². The smallest absolute Gasteiger partial charge is 0.264 e. The summed E-state index contributed by atoms with van der Waals surface area (Å²) in [5, 5.41) is 4.06. The number of halogens is 3. The standard InChI is InChI=1S/C36H36Cl3N3O5S/c1-47-29-17-19-30(20-18-29)48(45,46)42(28-14-7-11-26(37)22-28)24-35(43)41(23-31-32(38)15-8-16-33(31)39)34(21-25-9-3-2-4-10-25)36(44)40-27-12-5-6-13-27/h2-4,7-11,14-20,22,27,34H,5-6,12-13,21,23-24H2,1H3,(H,40,44)/t34-/m1/s1. The van der Waals surface area contributed by atoms with Crippen LogP contribution in [-0.4, -0.2) is 50.9 Å². The highest BCUT2D eigenvalue weighted by molar-refractivity contribution is 7.92. The number of hydrogen-bond donors (Lipinski definition) is 1. The highest BCUT2D eigenvalue weighted by atomic mass is 35.5. The molecule has 4 aromatic carbocycles. The molecule has 5 rings (SSSR count). The third-order valence-electron chi connectivity index (χ3n) is 8.39. The van der Waals surface area contributed by atoms with Gasteiger partial charge in [0.25, 0.3) is 10.0 Å². The van der Waals surface area contributed by atoms with Crippen LogP contribution in [0.25, 0.3) is 0 Å². The van der Waals surface area contributed by atoms with Crippen molar-refractivity contribution in [1.29, 1.82) is 0 Å². The third kappa shape index (κ3) is 8.63. The van der Waals surface area contributed by atoms with Crippen LogP contribution in [0.3, 0.4) is 0 Å². The summed E-state index contributed by atoms with van der Waals surface area (Å²) in [4.78, 5) is 30.2. The summed E-state index contributed by atoms with van der Waals surface area (Å²) in [5.74, 6) is -0.501. The molecule has 48 heavy (non-hydrogen) atoms. The molecule has 1 aliphatic rings. The van der Waals surface area contributed by atoms with E-state index >= 15 is 0 Å². The molecular formula is C36H36Cl3N3O5S. The minimum absolute atomic E-state index is 0.0185.